The number of nitrogens with zero attached hydrogens (tertiary/aromatic N) is 1. The lowest BCUT2D eigenvalue weighted by Crippen LogP contribution is -2.60. The van der Waals surface area contributed by atoms with E-state index in [0.29, 0.717) is 12.8 Å². The topological polar surface area (TPSA) is 104 Å². The summed E-state index contributed by atoms with van der Waals surface area (Å²) in [6, 6.07) is -0.745. The molecule has 0 aromatic heterocycles. The molecule has 2 fully saturated rings. The molecule has 1 aliphatic carbocycles. The summed E-state index contributed by atoms with van der Waals surface area (Å²) in [5, 5.41) is 11.4. The van der Waals surface area contributed by atoms with Crippen molar-refractivity contribution in [3.05, 3.63) is 0 Å². The average molecular weight is 282 g/mol. The molecule has 0 spiro atoms. The third-order valence-electron chi connectivity index (χ3n) is 4.14. The normalized spacial score (nSPS) is 34.0. The number of carbonyl (C=O) groups excluding carboxylic acids is 3. The van der Waals surface area contributed by atoms with Crippen LogP contribution in [-0.2, 0) is 19.2 Å². The number of carboxylic acids is 1. The van der Waals surface area contributed by atoms with Crippen LogP contribution >= 0.6 is 0 Å². The first-order valence-electron chi connectivity index (χ1n) is 6.68. The van der Waals surface area contributed by atoms with E-state index in [1.54, 1.807) is 0 Å². The smallest absolute Gasteiger partial charge is 0.307 e. The van der Waals surface area contributed by atoms with Gasteiger partial charge in [0.2, 0.25) is 17.7 Å². The minimum Gasteiger partial charge on any atom is -0.481 e. The van der Waals surface area contributed by atoms with Crippen molar-refractivity contribution >= 4 is 23.7 Å². The summed E-state index contributed by atoms with van der Waals surface area (Å²) in [6.45, 7) is 3.25. The Morgan fingerprint density at radius 3 is 2.40 bits per heavy atom. The van der Waals surface area contributed by atoms with E-state index in [0.717, 1.165) is 0 Å². The van der Waals surface area contributed by atoms with Crippen molar-refractivity contribution < 1.29 is 24.3 Å². The molecule has 3 amide bonds. The van der Waals surface area contributed by atoms with Gasteiger partial charge in [0.1, 0.15) is 12.6 Å². The summed E-state index contributed by atoms with van der Waals surface area (Å²) in [5.41, 5.74) is 0. The van der Waals surface area contributed by atoms with Gasteiger partial charge in [-0.1, -0.05) is 6.92 Å². The fourth-order valence-corrected chi connectivity index (χ4v) is 3.03. The molecular formula is C13H18N2O5. The number of carbonyl (C=O) groups is 4. The monoisotopic (exact) mass is 282 g/mol. The minimum atomic E-state index is -0.992. The highest BCUT2D eigenvalue weighted by Gasteiger charge is 2.45. The summed E-state index contributed by atoms with van der Waals surface area (Å²) >= 11 is 0. The van der Waals surface area contributed by atoms with Gasteiger partial charge in [-0.3, -0.25) is 24.5 Å². The zero-order valence-electron chi connectivity index (χ0n) is 11.5. The van der Waals surface area contributed by atoms with E-state index in [1.165, 1.54) is 11.8 Å². The van der Waals surface area contributed by atoms with Crippen LogP contribution < -0.4 is 5.32 Å². The molecule has 20 heavy (non-hydrogen) atoms. The van der Waals surface area contributed by atoms with Crippen molar-refractivity contribution in [3.8, 4) is 0 Å². The maximum atomic E-state index is 12.5. The van der Waals surface area contributed by atoms with Crippen LogP contribution in [0.3, 0.4) is 0 Å². The Labute approximate surface area is 116 Å². The number of rotatable bonds is 2. The summed E-state index contributed by atoms with van der Waals surface area (Å²) in [7, 11) is 0. The lowest BCUT2D eigenvalue weighted by atomic mass is 9.94. The first kappa shape index (κ1) is 14.5. The van der Waals surface area contributed by atoms with Crippen LogP contribution in [-0.4, -0.2) is 46.3 Å². The molecule has 2 aliphatic rings. The van der Waals surface area contributed by atoms with Crippen molar-refractivity contribution in [3.63, 3.8) is 0 Å². The standard InChI is InChI=1S/C13H18N2O5/c1-6-3-8(9(4-6)13(19)20)12(18)15-5-10(16)14-11(17)7(15)2/h6-9H,3-5H2,1-2H3,(H,19,20)(H,14,16,17). The molecule has 0 aromatic carbocycles. The molecular weight excluding hydrogens is 264 g/mol. The number of imide groups is 1. The molecule has 7 heteroatoms. The van der Waals surface area contributed by atoms with E-state index in [1.807, 2.05) is 6.92 Å². The quantitative estimate of drug-likeness (QED) is 0.671. The second kappa shape index (κ2) is 5.22. The van der Waals surface area contributed by atoms with E-state index in [2.05, 4.69) is 5.32 Å². The predicted molar refractivity (Wildman–Crippen MR) is 67.3 cm³/mol. The van der Waals surface area contributed by atoms with E-state index in [-0.39, 0.29) is 12.5 Å². The first-order valence-corrected chi connectivity index (χ1v) is 6.68. The van der Waals surface area contributed by atoms with E-state index in [9.17, 15) is 24.3 Å². The highest BCUT2D eigenvalue weighted by molar-refractivity contribution is 6.04. The molecule has 4 unspecified atom stereocenters. The van der Waals surface area contributed by atoms with Gasteiger partial charge in [-0.2, -0.15) is 0 Å². The molecule has 2 N–H and O–H groups in total. The van der Waals surface area contributed by atoms with Crippen LogP contribution in [0.15, 0.2) is 0 Å². The van der Waals surface area contributed by atoms with Crippen LogP contribution in [0.25, 0.3) is 0 Å². The van der Waals surface area contributed by atoms with E-state index < -0.39 is 41.6 Å². The fraction of sp³-hybridized carbons (Fsp3) is 0.692. The number of aliphatic carboxylic acids is 1. The van der Waals surface area contributed by atoms with Gasteiger partial charge in [0.15, 0.2) is 0 Å². The van der Waals surface area contributed by atoms with Crippen molar-refractivity contribution in [2.45, 2.75) is 32.7 Å². The van der Waals surface area contributed by atoms with Crippen LogP contribution in [0.5, 0.6) is 0 Å². The molecule has 4 atom stereocenters. The van der Waals surface area contributed by atoms with Gasteiger partial charge >= 0.3 is 5.97 Å². The van der Waals surface area contributed by atoms with Gasteiger partial charge in [0.05, 0.1) is 11.8 Å². The number of piperazine rings is 1. The molecule has 110 valence electrons. The fourth-order valence-electron chi connectivity index (χ4n) is 3.03. The van der Waals surface area contributed by atoms with Crippen LogP contribution in [0, 0.1) is 17.8 Å². The zero-order chi connectivity index (χ0) is 15.0. The molecule has 7 nitrogen and oxygen atoms in total. The van der Waals surface area contributed by atoms with Gasteiger partial charge in [0.25, 0.3) is 0 Å². The van der Waals surface area contributed by atoms with Crippen LogP contribution in [0.1, 0.15) is 26.7 Å². The lowest BCUT2D eigenvalue weighted by Gasteiger charge is -2.34. The van der Waals surface area contributed by atoms with E-state index in [4.69, 9.17) is 0 Å². The Morgan fingerprint density at radius 1 is 1.20 bits per heavy atom. The largest absolute Gasteiger partial charge is 0.481 e. The number of amides is 3. The van der Waals surface area contributed by atoms with Gasteiger partial charge < -0.3 is 10.0 Å². The highest BCUT2D eigenvalue weighted by atomic mass is 16.4. The number of nitrogens with one attached hydrogen (secondary N) is 1. The van der Waals surface area contributed by atoms with Gasteiger partial charge in [-0.05, 0) is 25.7 Å². The Balaban J connectivity index is 2.19. The van der Waals surface area contributed by atoms with Gasteiger partial charge in [0, 0.05) is 0 Å². The summed E-state index contributed by atoms with van der Waals surface area (Å²) in [6.07, 6.45) is 0.933. The highest BCUT2D eigenvalue weighted by Crippen LogP contribution is 2.38. The van der Waals surface area contributed by atoms with Gasteiger partial charge in [-0.15, -0.1) is 0 Å². The molecule has 0 aromatic rings. The Bertz CT molecular complexity index is 475. The molecule has 1 saturated heterocycles. The maximum absolute atomic E-state index is 12.5. The number of carboxylic acid groups (broad SMARTS) is 1. The van der Waals surface area contributed by atoms with Crippen LogP contribution in [0.4, 0.5) is 0 Å². The molecule has 1 aliphatic heterocycles. The molecule has 1 heterocycles. The lowest BCUT2D eigenvalue weighted by molar-refractivity contribution is -0.155. The van der Waals surface area contributed by atoms with Crippen molar-refractivity contribution in [2.75, 3.05) is 6.54 Å². The predicted octanol–water partition coefficient (Wildman–Crippen LogP) is -0.393. The third-order valence-corrected chi connectivity index (χ3v) is 4.14. The zero-order valence-corrected chi connectivity index (χ0v) is 11.5. The molecule has 0 radical (unpaired) electrons. The summed E-state index contributed by atoms with van der Waals surface area (Å²) in [5.74, 6) is -3.68. The second-order valence-corrected chi connectivity index (χ2v) is 5.68. The van der Waals surface area contributed by atoms with Crippen molar-refractivity contribution in [2.24, 2.45) is 17.8 Å². The van der Waals surface area contributed by atoms with Crippen LogP contribution in [0.2, 0.25) is 0 Å². The Kier molecular flexibility index (Phi) is 3.78. The summed E-state index contributed by atoms with van der Waals surface area (Å²) in [4.78, 5) is 47.9. The second-order valence-electron chi connectivity index (χ2n) is 5.68. The average Bonchev–Trinajstić information content (AvgIpc) is 2.75. The van der Waals surface area contributed by atoms with Gasteiger partial charge in [-0.25, -0.2) is 0 Å². The number of hydrogen-bond acceptors (Lipinski definition) is 4. The molecule has 1 saturated carbocycles. The number of hydrogen-bond donors (Lipinski definition) is 2. The van der Waals surface area contributed by atoms with Crippen molar-refractivity contribution in [1.29, 1.82) is 0 Å². The van der Waals surface area contributed by atoms with E-state index >= 15 is 0 Å². The SMILES string of the molecule is CC1CC(C(=O)O)C(C(=O)N2CC(=O)NC(=O)C2C)C1. The first-order chi connectivity index (χ1) is 9.31. The van der Waals surface area contributed by atoms with Crippen molar-refractivity contribution in [1.82, 2.24) is 10.2 Å². The Morgan fingerprint density at radius 2 is 1.80 bits per heavy atom. The molecule has 2 rings (SSSR count). The summed E-state index contributed by atoms with van der Waals surface area (Å²) < 4.78 is 0. The molecule has 0 bridgehead atoms. The minimum absolute atomic E-state index is 0.148. The Hall–Kier alpha value is -1.92. The maximum Gasteiger partial charge on any atom is 0.307 e. The third kappa shape index (κ3) is 2.52.